The molecule has 0 atom stereocenters. The third kappa shape index (κ3) is 4.22. The highest BCUT2D eigenvalue weighted by molar-refractivity contribution is 5.49. The number of likely N-dealkylation sites (N-methyl/N-ethyl adjacent to an activating group) is 1. The van der Waals surface area contributed by atoms with Crippen molar-refractivity contribution in [2.45, 2.75) is 20.8 Å². The number of nitrogens with zero attached hydrogens (tertiary/aromatic N) is 2. The molecular formula is C15H26N2O. The fraction of sp³-hybridized carbons (Fsp3) is 0.600. The van der Waals surface area contributed by atoms with Gasteiger partial charge in [-0.3, -0.25) is 0 Å². The quantitative estimate of drug-likeness (QED) is 0.820. The number of anilines is 1. The van der Waals surface area contributed by atoms with Crippen molar-refractivity contribution < 1.29 is 4.74 Å². The van der Waals surface area contributed by atoms with Crippen LogP contribution in [-0.2, 0) is 0 Å². The molecule has 1 aliphatic heterocycles. The van der Waals surface area contributed by atoms with Gasteiger partial charge in [-0.25, -0.2) is 0 Å². The molecule has 0 aliphatic carbocycles. The summed E-state index contributed by atoms with van der Waals surface area (Å²) in [7, 11) is 2.18. The zero-order valence-corrected chi connectivity index (χ0v) is 12.1. The van der Waals surface area contributed by atoms with Crippen molar-refractivity contribution in [1.82, 2.24) is 4.90 Å². The van der Waals surface area contributed by atoms with Gasteiger partial charge in [-0.05, 0) is 38.2 Å². The molecule has 3 heteroatoms. The van der Waals surface area contributed by atoms with E-state index in [1.807, 2.05) is 20.8 Å². The van der Waals surface area contributed by atoms with Gasteiger partial charge in [-0.15, -0.1) is 0 Å². The van der Waals surface area contributed by atoms with E-state index in [1.54, 1.807) is 0 Å². The Balaban J connectivity index is 0.000000771. The van der Waals surface area contributed by atoms with Crippen LogP contribution in [0.15, 0.2) is 24.3 Å². The third-order valence-electron chi connectivity index (χ3n) is 3.02. The molecule has 1 aromatic rings. The summed E-state index contributed by atoms with van der Waals surface area (Å²) < 4.78 is 5.44. The fourth-order valence-electron chi connectivity index (χ4n) is 1.98. The van der Waals surface area contributed by atoms with Crippen LogP contribution in [-0.4, -0.2) is 44.7 Å². The molecule has 0 amide bonds. The van der Waals surface area contributed by atoms with Gasteiger partial charge in [0, 0.05) is 31.9 Å². The second-order valence-corrected chi connectivity index (χ2v) is 4.22. The molecule has 0 unspecified atom stereocenters. The van der Waals surface area contributed by atoms with Gasteiger partial charge in [0.1, 0.15) is 5.75 Å². The minimum atomic E-state index is 0.730. The van der Waals surface area contributed by atoms with Crippen molar-refractivity contribution in [2.24, 2.45) is 0 Å². The fourth-order valence-corrected chi connectivity index (χ4v) is 1.98. The average molecular weight is 250 g/mol. The summed E-state index contributed by atoms with van der Waals surface area (Å²) in [5.74, 6) is 0.959. The Labute approximate surface area is 111 Å². The van der Waals surface area contributed by atoms with Crippen LogP contribution in [0.25, 0.3) is 0 Å². The lowest BCUT2D eigenvalue weighted by atomic mass is 10.2. The molecule has 1 heterocycles. The van der Waals surface area contributed by atoms with Gasteiger partial charge < -0.3 is 14.5 Å². The van der Waals surface area contributed by atoms with E-state index in [2.05, 4.69) is 41.1 Å². The summed E-state index contributed by atoms with van der Waals surface area (Å²) in [6.07, 6.45) is 0. The molecule has 18 heavy (non-hydrogen) atoms. The molecule has 0 radical (unpaired) electrons. The Kier molecular flexibility index (Phi) is 6.58. The van der Waals surface area contributed by atoms with Crippen LogP contribution < -0.4 is 9.64 Å². The molecule has 0 spiro atoms. The van der Waals surface area contributed by atoms with Crippen LogP contribution >= 0.6 is 0 Å². The zero-order valence-electron chi connectivity index (χ0n) is 12.1. The van der Waals surface area contributed by atoms with E-state index in [0.717, 1.165) is 38.5 Å². The SMILES string of the molecule is CC.CCOc1ccc(N2CCN(C)CC2)cc1. The van der Waals surface area contributed by atoms with E-state index in [4.69, 9.17) is 4.74 Å². The molecule has 1 aliphatic rings. The summed E-state index contributed by atoms with van der Waals surface area (Å²) in [4.78, 5) is 4.79. The Morgan fingerprint density at radius 3 is 2.06 bits per heavy atom. The first-order valence-electron chi connectivity index (χ1n) is 6.96. The smallest absolute Gasteiger partial charge is 0.119 e. The maximum Gasteiger partial charge on any atom is 0.119 e. The Morgan fingerprint density at radius 2 is 1.56 bits per heavy atom. The maximum absolute atomic E-state index is 5.44. The summed E-state index contributed by atoms with van der Waals surface area (Å²) in [5, 5.41) is 0. The molecule has 2 rings (SSSR count). The summed E-state index contributed by atoms with van der Waals surface area (Å²) in [6, 6.07) is 8.40. The predicted molar refractivity (Wildman–Crippen MR) is 78.7 cm³/mol. The Morgan fingerprint density at radius 1 is 1.00 bits per heavy atom. The van der Waals surface area contributed by atoms with Crippen molar-refractivity contribution in [2.75, 3.05) is 44.7 Å². The van der Waals surface area contributed by atoms with Gasteiger partial charge in [0.05, 0.1) is 6.61 Å². The molecular weight excluding hydrogens is 224 g/mol. The van der Waals surface area contributed by atoms with E-state index in [0.29, 0.717) is 0 Å². The summed E-state index contributed by atoms with van der Waals surface area (Å²) in [6.45, 7) is 11.3. The van der Waals surface area contributed by atoms with Crippen LogP contribution in [0.4, 0.5) is 5.69 Å². The van der Waals surface area contributed by atoms with E-state index < -0.39 is 0 Å². The highest BCUT2D eigenvalue weighted by Gasteiger charge is 2.13. The Bertz CT molecular complexity index is 316. The number of hydrogen-bond donors (Lipinski definition) is 0. The number of piperazine rings is 1. The van der Waals surface area contributed by atoms with E-state index in [9.17, 15) is 0 Å². The van der Waals surface area contributed by atoms with Crippen molar-refractivity contribution in [3.8, 4) is 5.75 Å². The predicted octanol–water partition coefficient (Wildman–Crippen LogP) is 2.86. The first-order chi connectivity index (χ1) is 8.79. The molecule has 1 aromatic carbocycles. The average Bonchev–Trinajstić information content (AvgIpc) is 2.43. The maximum atomic E-state index is 5.44. The van der Waals surface area contributed by atoms with Gasteiger partial charge >= 0.3 is 0 Å². The van der Waals surface area contributed by atoms with Gasteiger partial charge in [0.2, 0.25) is 0 Å². The van der Waals surface area contributed by atoms with Gasteiger partial charge in [-0.2, -0.15) is 0 Å². The number of rotatable bonds is 3. The van der Waals surface area contributed by atoms with Crippen LogP contribution in [0.1, 0.15) is 20.8 Å². The van der Waals surface area contributed by atoms with Crippen molar-refractivity contribution in [3.63, 3.8) is 0 Å². The molecule has 0 saturated carbocycles. The Hall–Kier alpha value is -1.22. The minimum absolute atomic E-state index is 0.730. The number of benzene rings is 1. The molecule has 1 saturated heterocycles. The number of hydrogen-bond acceptors (Lipinski definition) is 3. The monoisotopic (exact) mass is 250 g/mol. The highest BCUT2D eigenvalue weighted by Crippen LogP contribution is 2.20. The topological polar surface area (TPSA) is 15.7 Å². The van der Waals surface area contributed by atoms with Crippen molar-refractivity contribution >= 4 is 5.69 Å². The molecule has 1 fully saturated rings. The van der Waals surface area contributed by atoms with E-state index in [-0.39, 0.29) is 0 Å². The van der Waals surface area contributed by atoms with E-state index in [1.165, 1.54) is 5.69 Å². The highest BCUT2D eigenvalue weighted by atomic mass is 16.5. The lowest BCUT2D eigenvalue weighted by Crippen LogP contribution is -2.44. The first kappa shape index (κ1) is 14.8. The molecule has 0 bridgehead atoms. The van der Waals surface area contributed by atoms with Gasteiger partial charge in [-0.1, -0.05) is 13.8 Å². The summed E-state index contributed by atoms with van der Waals surface area (Å²) >= 11 is 0. The third-order valence-corrected chi connectivity index (χ3v) is 3.02. The largest absolute Gasteiger partial charge is 0.494 e. The number of ether oxygens (including phenoxy) is 1. The summed E-state index contributed by atoms with van der Waals surface area (Å²) in [5.41, 5.74) is 1.30. The zero-order chi connectivity index (χ0) is 13.4. The molecule has 3 nitrogen and oxygen atoms in total. The van der Waals surface area contributed by atoms with Gasteiger partial charge in [0.25, 0.3) is 0 Å². The van der Waals surface area contributed by atoms with Crippen molar-refractivity contribution in [1.29, 1.82) is 0 Å². The van der Waals surface area contributed by atoms with Crippen LogP contribution in [0.2, 0.25) is 0 Å². The molecule has 0 aromatic heterocycles. The minimum Gasteiger partial charge on any atom is -0.494 e. The molecule has 0 N–H and O–H groups in total. The second kappa shape index (κ2) is 7.98. The van der Waals surface area contributed by atoms with E-state index >= 15 is 0 Å². The standard InChI is InChI=1S/C13H20N2O.C2H6/c1-3-16-13-6-4-12(5-7-13)15-10-8-14(2)9-11-15;1-2/h4-7H,3,8-11H2,1-2H3;1-2H3. The lowest BCUT2D eigenvalue weighted by molar-refractivity contribution is 0.312. The second-order valence-electron chi connectivity index (χ2n) is 4.22. The first-order valence-corrected chi connectivity index (χ1v) is 6.96. The lowest BCUT2D eigenvalue weighted by Gasteiger charge is -2.34. The normalized spacial score (nSPS) is 15.9. The molecule has 102 valence electrons. The van der Waals surface area contributed by atoms with Crippen molar-refractivity contribution in [3.05, 3.63) is 24.3 Å². The van der Waals surface area contributed by atoms with Crippen LogP contribution in [0.3, 0.4) is 0 Å². The van der Waals surface area contributed by atoms with Crippen LogP contribution in [0, 0.1) is 0 Å². The van der Waals surface area contributed by atoms with Crippen LogP contribution in [0.5, 0.6) is 5.75 Å². The van der Waals surface area contributed by atoms with Gasteiger partial charge in [0.15, 0.2) is 0 Å².